The third-order valence-corrected chi connectivity index (χ3v) is 2.27. The van der Waals surface area contributed by atoms with Crippen LogP contribution < -0.4 is 10.1 Å². The van der Waals surface area contributed by atoms with Crippen molar-refractivity contribution in [3.63, 3.8) is 0 Å². The molecule has 0 aromatic heterocycles. The summed E-state index contributed by atoms with van der Waals surface area (Å²) < 4.78 is 5.92. The maximum Gasteiger partial charge on any atom is 0.412 e. The summed E-state index contributed by atoms with van der Waals surface area (Å²) in [6.07, 6.45) is 0.963. The first-order chi connectivity index (χ1) is 8.17. The topological polar surface area (TPSA) is 59.9 Å². The number of halogens is 1. The smallest absolute Gasteiger partial charge is 0.410 e. The molecule has 0 fully saturated rings. The SMILES string of the molecule is CCON=Cc1cc(Br)ccc1OC(=O)NC. The van der Waals surface area contributed by atoms with Crippen molar-refractivity contribution in [3.8, 4) is 5.75 Å². The molecule has 6 heteroatoms. The summed E-state index contributed by atoms with van der Waals surface area (Å²) in [4.78, 5) is 16.0. The number of carbonyl (C=O) groups excluding carboxylic acids is 1. The van der Waals surface area contributed by atoms with E-state index in [9.17, 15) is 4.79 Å². The molecule has 1 aromatic rings. The largest absolute Gasteiger partial charge is 0.412 e. The molecular formula is C11H13BrN2O3. The van der Waals surface area contributed by atoms with Crippen LogP contribution in [0.4, 0.5) is 4.79 Å². The number of benzene rings is 1. The third kappa shape index (κ3) is 4.44. The molecule has 0 aliphatic rings. The van der Waals surface area contributed by atoms with Crippen molar-refractivity contribution < 1.29 is 14.4 Å². The van der Waals surface area contributed by atoms with E-state index in [1.807, 2.05) is 6.92 Å². The Morgan fingerprint density at radius 1 is 1.59 bits per heavy atom. The molecule has 0 aliphatic heterocycles. The van der Waals surface area contributed by atoms with E-state index in [0.717, 1.165) is 4.47 Å². The molecule has 92 valence electrons. The lowest BCUT2D eigenvalue weighted by Crippen LogP contribution is -2.22. The number of oxime groups is 1. The van der Waals surface area contributed by atoms with Crippen LogP contribution in [0.25, 0.3) is 0 Å². The standard InChI is InChI=1S/C11H13BrN2O3/c1-3-16-14-7-8-6-9(12)4-5-10(8)17-11(15)13-2/h4-7H,3H2,1-2H3,(H,13,15). The minimum absolute atomic E-state index is 0.413. The minimum atomic E-state index is -0.529. The molecule has 5 nitrogen and oxygen atoms in total. The lowest BCUT2D eigenvalue weighted by atomic mass is 10.2. The van der Waals surface area contributed by atoms with Gasteiger partial charge in [0.05, 0.1) is 6.21 Å². The van der Waals surface area contributed by atoms with Crippen molar-refractivity contribution in [3.05, 3.63) is 28.2 Å². The fourth-order valence-corrected chi connectivity index (χ4v) is 1.41. The average Bonchev–Trinajstić information content (AvgIpc) is 2.32. The maximum atomic E-state index is 11.1. The Labute approximate surface area is 108 Å². The highest BCUT2D eigenvalue weighted by Crippen LogP contribution is 2.21. The van der Waals surface area contributed by atoms with E-state index >= 15 is 0 Å². The summed E-state index contributed by atoms with van der Waals surface area (Å²) in [5.41, 5.74) is 0.649. The number of nitrogens with zero attached hydrogens (tertiary/aromatic N) is 1. The van der Waals surface area contributed by atoms with Gasteiger partial charge < -0.3 is 14.9 Å². The molecule has 1 rings (SSSR count). The van der Waals surface area contributed by atoms with Gasteiger partial charge >= 0.3 is 6.09 Å². The molecule has 0 saturated heterocycles. The van der Waals surface area contributed by atoms with Gasteiger partial charge in [0.15, 0.2) is 0 Å². The van der Waals surface area contributed by atoms with Crippen molar-refractivity contribution in [2.24, 2.45) is 5.16 Å². The molecule has 1 amide bonds. The monoisotopic (exact) mass is 300 g/mol. The highest BCUT2D eigenvalue weighted by Gasteiger charge is 2.07. The Hall–Kier alpha value is -1.56. The Balaban J connectivity index is 2.91. The summed E-state index contributed by atoms with van der Waals surface area (Å²) in [6.45, 7) is 2.32. The first-order valence-corrected chi connectivity index (χ1v) is 5.81. The van der Waals surface area contributed by atoms with E-state index in [4.69, 9.17) is 9.57 Å². The average molecular weight is 301 g/mol. The molecule has 0 spiro atoms. The quantitative estimate of drug-likeness (QED) is 0.686. The van der Waals surface area contributed by atoms with Crippen molar-refractivity contribution in [2.45, 2.75) is 6.92 Å². The lowest BCUT2D eigenvalue weighted by molar-refractivity contribution is 0.160. The lowest BCUT2D eigenvalue weighted by Gasteiger charge is -2.06. The maximum absolute atomic E-state index is 11.1. The highest BCUT2D eigenvalue weighted by molar-refractivity contribution is 9.10. The van der Waals surface area contributed by atoms with Gasteiger partial charge in [0.2, 0.25) is 0 Å². The van der Waals surface area contributed by atoms with Crippen molar-refractivity contribution >= 4 is 28.2 Å². The van der Waals surface area contributed by atoms with Gasteiger partial charge in [0.25, 0.3) is 0 Å². The summed E-state index contributed by atoms with van der Waals surface area (Å²) in [5, 5.41) is 6.11. The van der Waals surface area contributed by atoms with Crippen LogP contribution in [-0.2, 0) is 4.84 Å². The zero-order valence-electron chi connectivity index (χ0n) is 9.57. The van der Waals surface area contributed by atoms with E-state index in [-0.39, 0.29) is 0 Å². The highest BCUT2D eigenvalue weighted by atomic mass is 79.9. The van der Waals surface area contributed by atoms with Crippen LogP contribution in [0.3, 0.4) is 0 Å². The fourth-order valence-electron chi connectivity index (χ4n) is 1.03. The number of hydrogen-bond acceptors (Lipinski definition) is 4. The van der Waals surface area contributed by atoms with Crippen molar-refractivity contribution in [2.75, 3.05) is 13.7 Å². The number of carbonyl (C=O) groups is 1. The number of rotatable bonds is 4. The van der Waals surface area contributed by atoms with Crippen LogP contribution in [0.1, 0.15) is 12.5 Å². The van der Waals surface area contributed by atoms with E-state index in [1.54, 1.807) is 18.2 Å². The first-order valence-electron chi connectivity index (χ1n) is 5.01. The van der Waals surface area contributed by atoms with Gasteiger partial charge in [-0.15, -0.1) is 0 Å². The van der Waals surface area contributed by atoms with E-state index in [0.29, 0.717) is 17.9 Å². The van der Waals surface area contributed by atoms with Crippen LogP contribution in [0.2, 0.25) is 0 Å². The van der Waals surface area contributed by atoms with Crippen LogP contribution in [0.15, 0.2) is 27.8 Å². The fraction of sp³-hybridized carbons (Fsp3) is 0.273. The molecular weight excluding hydrogens is 288 g/mol. The Morgan fingerprint density at radius 3 is 3.00 bits per heavy atom. The number of amides is 1. The zero-order chi connectivity index (χ0) is 12.7. The molecule has 0 saturated carbocycles. The molecule has 0 heterocycles. The molecule has 0 bridgehead atoms. The van der Waals surface area contributed by atoms with Gasteiger partial charge in [-0.2, -0.15) is 0 Å². The number of ether oxygens (including phenoxy) is 1. The summed E-state index contributed by atoms with van der Waals surface area (Å²) in [5.74, 6) is 0.413. The second-order valence-electron chi connectivity index (χ2n) is 2.97. The Morgan fingerprint density at radius 2 is 2.35 bits per heavy atom. The van der Waals surface area contributed by atoms with Crippen LogP contribution in [0, 0.1) is 0 Å². The normalized spacial score (nSPS) is 10.3. The van der Waals surface area contributed by atoms with Gasteiger partial charge in [-0.05, 0) is 25.1 Å². The van der Waals surface area contributed by atoms with Crippen molar-refractivity contribution in [1.29, 1.82) is 0 Å². The molecule has 1 N–H and O–H groups in total. The van der Waals surface area contributed by atoms with Gasteiger partial charge in [0, 0.05) is 17.1 Å². The molecule has 17 heavy (non-hydrogen) atoms. The molecule has 0 unspecified atom stereocenters. The van der Waals surface area contributed by atoms with Crippen molar-refractivity contribution in [1.82, 2.24) is 5.32 Å². The number of nitrogens with one attached hydrogen (secondary N) is 1. The van der Waals surface area contributed by atoms with Crippen LogP contribution >= 0.6 is 15.9 Å². The van der Waals surface area contributed by atoms with Crippen LogP contribution in [-0.4, -0.2) is 26.0 Å². The third-order valence-electron chi connectivity index (χ3n) is 1.77. The first kappa shape index (κ1) is 13.5. The molecule has 0 atom stereocenters. The van der Waals surface area contributed by atoms with E-state index < -0.39 is 6.09 Å². The summed E-state index contributed by atoms with van der Waals surface area (Å²) in [7, 11) is 1.50. The Kier molecular flexibility index (Phi) is 5.48. The second-order valence-corrected chi connectivity index (χ2v) is 3.89. The van der Waals surface area contributed by atoms with E-state index in [2.05, 4.69) is 26.4 Å². The van der Waals surface area contributed by atoms with Crippen LogP contribution in [0.5, 0.6) is 5.75 Å². The van der Waals surface area contributed by atoms with E-state index in [1.165, 1.54) is 13.3 Å². The predicted octanol–water partition coefficient (Wildman–Crippen LogP) is 2.54. The Bertz CT molecular complexity index is 421. The minimum Gasteiger partial charge on any atom is -0.410 e. The molecule has 0 radical (unpaired) electrons. The number of hydrogen-bond donors (Lipinski definition) is 1. The van der Waals surface area contributed by atoms with Gasteiger partial charge in [-0.3, -0.25) is 0 Å². The predicted molar refractivity (Wildman–Crippen MR) is 68.4 cm³/mol. The second kappa shape index (κ2) is 6.90. The summed E-state index contributed by atoms with van der Waals surface area (Å²) >= 11 is 3.33. The van der Waals surface area contributed by atoms with Gasteiger partial charge in [0.1, 0.15) is 12.4 Å². The van der Waals surface area contributed by atoms with Gasteiger partial charge in [-0.1, -0.05) is 21.1 Å². The van der Waals surface area contributed by atoms with Gasteiger partial charge in [-0.25, -0.2) is 4.79 Å². The zero-order valence-corrected chi connectivity index (χ0v) is 11.2. The summed E-state index contributed by atoms with van der Waals surface area (Å²) in [6, 6.07) is 5.23. The molecule has 1 aromatic carbocycles. The molecule has 0 aliphatic carbocycles.